The molecule has 0 amide bonds. The number of rotatable bonds is 5. The molecule has 0 unspecified atom stereocenters. The minimum atomic E-state index is -0.227. The Kier molecular flexibility index (Phi) is 5.39. The number of aromatic amines is 1. The molecule has 0 saturated heterocycles. The first-order valence-electron chi connectivity index (χ1n) is 11.2. The molecule has 5 rings (SSSR count). The van der Waals surface area contributed by atoms with Crippen LogP contribution in [0.5, 0.6) is 0 Å². The van der Waals surface area contributed by atoms with Crippen molar-refractivity contribution in [1.82, 2.24) is 19.3 Å². The SMILES string of the molecule is CCc1ccn2c(=O)c(CCN3CC=C(c4c[nH]c5cc(F)ccc45)CC3)c(C)nc2c1. The Morgan fingerprint density at radius 2 is 2.09 bits per heavy atom. The minimum Gasteiger partial charge on any atom is -0.360 e. The van der Waals surface area contributed by atoms with Gasteiger partial charge in [0.25, 0.3) is 5.56 Å². The number of nitrogens with zero attached hydrogens (tertiary/aromatic N) is 3. The second-order valence-corrected chi connectivity index (χ2v) is 8.52. The molecule has 0 radical (unpaired) electrons. The Morgan fingerprint density at radius 3 is 2.88 bits per heavy atom. The number of fused-ring (bicyclic) bond motifs is 2. The molecule has 6 heteroatoms. The molecule has 1 aliphatic rings. The maximum atomic E-state index is 13.5. The second kappa shape index (κ2) is 8.36. The van der Waals surface area contributed by atoms with Crippen LogP contribution in [0.3, 0.4) is 0 Å². The third kappa shape index (κ3) is 3.75. The molecule has 0 spiro atoms. The van der Waals surface area contributed by atoms with Crippen LogP contribution >= 0.6 is 0 Å². The van der Waals surface area contributed by atoms with E-state index in [1.54, 1.807) is 4.40 Å². The van der Waals surface area contributed by atoms with E-state index in [4.69, 9.17) is 4.98 Å². The van der Waals surface area contributed by atoms with Crippen LogP contribution in [0.25, 0.3) is 22.1 Å². The van der Waals surface area contributed by atoms with Crippen LogP contribution in [0.1, 0.15) is 35.7 Å². The number of halogens is 1. The van der Waals surface area contributed by atoms with Gasteiger partial charge in [0.2, 0.25) is 0 Å². The van der Waals surface area contributed by atoms with Gasteiger partial charge in [-0.25, -0.2) is 9.37 Å². The van der Waals surface area contributed by atoms with Crippen molar-refractivity contribution in [2.24, 2.45) is 0 Å². The normalized spacial score (nSPS) is 14.9. The quantitative estimate of drug-likeness (QED) is 0.507. The summed E-state index contributed by atoms with van der Waals surface area (Å²) in [4.78, 5) is 23.3. The first kappa shape index (κ1) is 20.6. The van der Waals surface area contributed by atoms with Crippen LogP contribution in [0.15, 0.2) is 53.6 Å². The van der Waals surface area contributed by atoms with Gasteiger partial charge in [0, 0.05) is 59.8 Å². The molecule has 0 fully saturated rings. The lowest BCUT2D eigenvalue weighted by Gasteiger charge is -2.26. The van der Waals surface area contributed by atoms with Gasteiger partial charge in [-0.3, -0.25) is 14.1 Å². The van der Waals surface area contributed by atoms with E-state index in [0.29, 0.717) is 6.42 Å². The monoisotopic (exact) mass is 430 g/mol. The highest BCUT2D eigenvalue weighted by Gasteiger charge is 2.17. The van der Waals surface area contributed by atoms with E-state index < -0.39 is 0 Å². The van der Waals surface area contributed by atoms with Crippen molar-refractivity contribution in [3.63, 3.8) is 0 Å². The molecule has 4 aromatic rings. The van der Waals surface area contributed by atoms with Crippen LogP contribution in [0.2, 0.25) is 0 Å². The Labute approximate surface area is 186 Å². The Hall–Kier alpha value is -3.25. The van der Waals surface area contributed by atoms with Gasteiger partial charge in [0.05, 0.1) is 0 Å². The summed E-state index contributed by atoms with van der Waals surface area (Å²) in [7, 11) is 0. The van der Waals surface area contributed by atoms with E-state index in [1.807, 2.05) is 37.5 Å². The molecule has 5 nitrogen and oxygen atoms in total. The largest absolute Gasteiger partial charge is 0.360 e. The fourth-order valence-electron chi connectivity index (χ4n) is 4.63. The number of aromatic nitrogens is 3. The molecular weight excluding hydrogens is 403 g/mol. The summed E-state index contributed by atoms with van der Waals surface area (Å²) >= 11 is 0. The van der Waals surface area contributed by atoms with E-state index >= 15 is 0 Å². The van der Waals surface area contributed by atoms with Crippen LogP contribution in [-0.2, 0) is 12.8 Å². The average molecular weight is 431 g/mol. The maximum Gasteiger partial charge on any atom is 0.261 e. The van der Waals surface area contributed by atoms with Crippen molar-refractivity contribution >= 4 is 22.1 Å². The van der Waals surface area contributed by atoms with Gasteiger partial charge < -0.3 is 4.98 Å². The summed E-state index contributed by atoms with van der Waals surface area (Å²) in [5, 5.41) is 1.06. The molecule has 0 aliphatic carbocycles. The highest BCUT2D eigenvalue weighted by Crippen LogP contribution is 2.29. The number of nitrogens with one attached hydrogen (secondary N) is 1. The smallest absolute Gasteiger partial charge is 0.261 e. The van der Waals surface area contributed by atoms with E-state index in [1.165, 1.54) is 23.3 Å². The van der Waals surface area contributed by atoms with Gasteiger partial charge in [-0.2, -0.15) is 0 Å². The van der Waals surface area contributed by atoms with Gasteiger partial charge in [0.1, 0.15) is 11.5 Å². The molecule has 0 saturated carbocycles. The lowest BCUT2D eigenvalue weighted by Crippen LogP contribution is -2.32. The average Bonchev–Trinajstić information content (AvgIpc) is 3.22. The Balaban J connectivity index is 1.31. The molecule has 0 bridgehead atoms. The highest BCUT2D eigenvalue weighted by molar-refractivity contribution is 5.92. The summed E-state index contributed by atoms with van der Waals surface area (Å²) in [5.74, 6) is -0.227. The molecular formula is C26H27FN4O. The topological polar surface area (TPSA) is 53.4 Å². The van der Waals surface area contributed by atoms with Crippen molar-refractivity contribution in [3.05, 3.63) is 87.4 Å². The van der Waals surface area contributed by atoms with Crippen LogP contribution in [-0.4, -0.2) is 38.9 Å². The third-order valence-corrected chi connectivity index (χ3v) is 6.56. The fourth-order valence-corrected chi connectivity index (χ4v) is 4.63. The molecule has 32 heavy (non-hydrogen) atoms. The van der Waals surface area contributed by atoms with Crippen LogP contribution in [0.4, 0.5) is 4.39 Å². The summed E-state index contributed by atoms with van der Waals surface area (Å²) in [6.45, 7) is 6.62. The van der Waals surface area contributed by atoms with E-state index in [9.17, 15) is 9.18 Å². The minimum absolute atomic E-state index is 0.0365. The lowest BCUT2D eigenvalue weighted by atomic mass is 9.98. The van der Waals surface area contributed by atoms with Crippen molar-refractivity contribution in [3.8, 4) is 0 Å². The van der Waals surface area contributed by atoms with Crippen molar-refractivity contribution in [2.45, 2.75) is 33.1 Å². The molecule has 164 valence electrons. The number of aryl methyl sites for hydroxylation is 2. The van der Waals surface area contributed by atoms with Crippen molar-refractivity contribution < 1.29 is 4.39 Å². The predicted molar refractivity (Wildman–Crippen MR) is 127 cm³/mol. The van der Waals surface area contributed by atoms with E-state index in [0.717, 1.165) is 65.8 Å². The number of benzene rings is 1. The zero-order valence-corrected chi connectivity index (χ0v) is 18.5. The first-order valence-corrected chi connectivity index (χ1v) is 11.2. The van der Waals surface area contributed by atoms with Gasteiger partial charge in [-0.05, 0) is 67.7 Å². The van der Waals surface area contributed by atoms with Gasteiger partial charge in [-0.15, -0.1) is 0 Å². The molecule has 1 aliphatic heterocycles. The Morgan fingerprint density at radius 1 is 1.22 bits per heavy atom. The number of hydrogen-bond donors (Lipinski definition) is 1. The fraction of sp³-hybridized carbons (Fsp3) is 0.308. The summed E-state index contributed by atoms with van der Waals surface area (Å²) < 4.78 is 15.1. The van der Waals surface area contributed by atoms with E-state index in [2.05, 4.69) is 22.9 Å². The summed E-state index contributed by atoms with van der Waals surface area (Å²) in [5.41, 5.74) is 6.82. The standard InChI is InChI=1S/C26H27FN4O/c1-3-18-6-13-31-25(14-18)29-17(2)21(26(31)32)9-12-30-10-7-19(8-11-30)23-16-28-24-15-20(27)4-5-22(23)24/h4-7,13-16,28H,3,8-12H2,1-2H3. The van der Waals surface area contributed by atoms with Crippen molar-refractivity contribution in [2.75, 3.05) is 19.6 Å². The molecule has 0 atom stereocenters. The van der Waals surface area contributed by atoms with Gasteiger partial charge in [0.15, 0.2) is 0 Å². The predicted octanol–water partition coefficient (Wildman–Crippen LogP) is 4.52. The molecule has 4 heterocycles. The number of hydrogen-bond acceptors (Lipinski definition) is 3. The maximum absolute atomic E-state index is 13.5. The Bertz CT molecular complexity index is 1400. The van der Waals surface area contributed by atoms with Crippen molar-refractivity contribution in [1.29, 1.82) is 0 Å². The van der Waals surface area contributed by atoms with Crippen LogP contribution < -0.4 is 5.56 Å². The number of pyridine rings is 1. The first-order chi connectivity index (χ1) is 15.5. The third-order valence-electron chi connectivity index (χ3n) is 6.56. The summed E-state index contributed by atoms with van der Waals surface area (Å²) in [6.07, 6.45) is 8.60. The zero-order valence-electron chi connectivity index (χ0n) is 18.5. The molecule has 1 N–H and O–H groups in total. The lowest BCUT2D eigenvalue weighted by molar-refractivity contribution is 0.305. The second-order valence-electron chi connectivity index (χ2n) is 8.52. The van der Waals surface area contributed by atoms with Gasteiger partial charge in [-0.1, -0.05) is 13.0 Å². The zero-order chi connectivity index (χ0) is 22.2. The molecule has 1 aromatic carbocycles. The van der Waals surface area contributed by atoms with Crippen LogP contribution in [0, 0.1) is 12.7 Å². The highest BCUT2D eigenvalue weighted by atomic mass is 19.1. The van der Waals surface area contributed by atoms with Gasteiger partial charge >= 0.3 is 0 Å². The van der Waals surface area contributed by atoms with E-state index in [-0.39, 0.29) is 11.4 Å². The molecule has 3 aromatic heterocycles. The number of H-pyrrole nitrogens is 1. The summed E-state index contributed by atoms with van der Waals surface area (Å²) in [6, 6.07) is 8.88.